The van der Waals surface area contributed by atoms with E-state index in [-0.39, 0.29) is 5.54 Å². The second-order valence-corrected chi connectivity index (χ2v) is 5.74. The zero-order valence-corrected chi connectivity index (χ0v) is 11.9. The van der Waals surface area contributed by atoms with Gasteiger partial charge in [0.1, 0.15) is 5.75 Å². The first-order valence-electron chi connectivity index (χ1n) is 6.64. The van der Waals surface area contributed by atoms with E-state index in [0.717, 1.165) is 18.7 Å². The summed E-state index contributed by atoms with van der Waals surface area (Å²) in [4.78, 5) is 2.36. The average molecular weight is 248 g/mol. The van der Waals surface area contributed by atoms with Crippen LogP contribution in [0.5, 0.6) is 5.75 Å². The fraction of sp³-hybridized carbons (Fsp3) is 0.600. The maximum absolute atomic E-state index is 5.45. The molecule has 100 valence electrons. The number of benzene rings is 1. The van der Waals surface area contributed by atoms with Gasteiger partial charge in [-0.2, -0.15) is 0 Å². The number of nitrogens with zero attached hydrogens (tertiary/aromatic N) is 1. The lowest BCUT2D eigenvalue weighted by molar-refractivity contribution is 0.271. The normalized spacial score (nSPS) is 22.6. The SMILES string of the molecule is COc1ccccc1N(C)C1CCNC(C)(C)C1. The summed E-state index contributed by atoms with van der Waals surface area (Å²) in [7, 11) is 3.91. The number of rotatable bonds is 3. The number of hydrogen-bond acceptors (Lipinski definition) is 3. The van der Waals surface area contributed by atoms with Gasteiger partial charge in [-0.15, -0.1) is 0 Å². The van der Waals surface area contributed by atoms with Gasteiger partial charge in [-0.25, -0.2) is 0 Å². The smallest absolute Gasteiger partial charge is 0.142 e. The van der Waals surface area contributed by atoms with Crippen LogP contribution in [-0.2, 0) is 0 Å². The number of ether oxygens (including phenoxy) is 1. The summed E-state index contributed by atoms with van der Waals surface area (Å²) in [6.45, 7) is 5.63. The lowest BCUT2D eigenvalue weighted by Crippen LogP contribution is -2.52. The molecule has 0 aliphatic carbocycles. The van der Waals surface area contributed by atoms with Crippen LogP contribution in [0, 0.1) is 0 Å². The quantitative estimate of drug-likeness (QED) is 0.890. The Balaban J connectivity index is 2.17. The number of hydrogen-bond donors (Lipinski definition) is 1. The Morgan fingerprint density at radius 2 is 2.06 bits per heavy atom. The van der Waals surface area contributed by atoms with E-state index in [9.17, 15) is 0 Å². The molecule has 3 nitrogen and oxygen atoms in total. The third-order valence-corrected chi connectivity index (χ3v) is 3.84. The van der Waals surface area contributed by atoms with E-state index in [1.54, 1.807) is 7.11 Å². The summed E-state index contributed by atoms with van der Waals surface area (Å²) >= 11 is 0. The highest BCUT2D eigenvalue weighted by molar-refractivity contribution is 5.58. The van der Waals surface area contributed by atoms with Gasteiger partial charge in [0.05, 0.1) is 12.8 Å². The topological polar surface area (TPSA) is 24.5 Å². The third kappa shape index (κ3) is 2.78. The molecule has 0 amide bonds. The molecule has 2 rings (SSSR count). The van der Waals surface area contributed by atoms with Crippen molar-refractivity contribution in [3.05, 3.63) is 24.3 Å². The molecule has 0 spiro atoms. The molecular weight excluding hydrogens is 224 g/mol. The van der Waals surface area contributed by atoms with Crippen molar-refractivity contribution in [3.63, 3.8) is 0 Å². The Labute approximate surface area is 110 Å². The monoisotopic (exact) mass is 248 g/mol. The van der Waals surface area contributed by atoms with Crippen molar-refractivity contribution < 1.29 is 4.74 Å². The first-order valence-corrected chi connectivity index (χ1v) is 6.64. The number of piperidine rings is 1. The molecule has 0 aromatic heterocycles. The highest BCUT2D eigenvalue weighted by atomic mass is 16.5. The molecule has 1 unspecified atom stereocenters. The van der Waals surface area contributed by atoms with Gasteiger partial charge in [0.2, 0.25) is 0 Å². The van der Waals surface area contributed by atoms with Crippen LogP contribution in [0.3, 0.4) is 0 Å². The molecule has 0 saturated carbocycles. The minimum Gasteiger partial charge on any atom is -0.495 e. The number of nitrogens with one attached hydrogen (secondary N) is 1. The fourth-order valence-electron chi connectivity index (χ4n) is 2.79. The zero-order valence-electron chi connectivity index (χ0n) is 11.9. The van der Waals surface area contributed by atoms with Gasteiger partial charge in [-0.1, -0.05) is 12.1 Å². The first kappa shape index (κ1) is 13.2. The average Bonchev–Trinajstić information content (AvgIpc) is 2.36. The Hall–Kier alpha value is -1.22. The first-order chi connectivity index (χ1) is 8.53. The maximum atomic E-state index is 5.45. The summed E-state index contributed by atoms with van der Waals surface area (Å²) in [6, 6.07) is 8.81. The largest absolute Gasteiger partial charge is 0.495 e. The molecule has 1 saturated heterocycles. The van der Waals surface area contributed by atoms with E-state index in [2.05, 4.69) is 43.2 Å². The Morgan fingerprint density at radius 3 is 2.72 bits per heavy atom. The molecule has 1 heterocycles. The maximum Gasteiger partial charge on any atom is 0.142 e. The summed E-state index contributed by atoms with van der Waals surface area (Å²) in [5, 5.41) is 3.57. The third-order valence-electron chi connectivity index (χ3n) is 3.84. The summed E-state index contributed by atoms with van der Waals surface area (Å²) in [5.74, 6) is 0.955. The van der Waals surface area contributed by atoms with Gasteiger partial charge in [0.15, 0.2) is 0 Å². The Morgan fingerprint density at radius 1 is 1.33 bits per heavy atom. The van der Waals surface area contributed by atoms with Crippen molar-refractivity contribution in [1.82, 2.24) is 5.32 Å². The van der Waals surface area contributed by atoms with Crippen LogP contribution in [0.25, 0.3) is 0 Å². The molecule has 1 aliphatic rings. The highest BCUT2D eigenvalue weighted by Crippen LogP contribution is 2.32. The summed E-state index contributed by atoms with van der Waals surface area (Å²) in [6.07, 6.45) is 2.33. The molecule has 0 radical (unpaired) electrons. The van der Waals surface area contributed by atoms with Crippen molar-refractivity contribution in [2.45, 2.75) is 38.3 Å². The molecule has 1 aliphatic heterocycles. The van der Waals surface area contributed by atoms with E-state index < -0.39 is 0 Å². The number of methoxy groups -OCH3 is 1. The van der Waals surface area contributed by atoms with Gasteiger partial charge >= 0.3 is 0 Å². The van der Waals surface area contributed by atoms with Gasteiger partial charge in [0, 0.05) is 18.6 Å². The Kier molecular flexibility index (Phi) is 3.81. The molecule has 1 aromatic rings. The fourth-order valence-corrected chi connectivity index (χ4v) is 2.79. The number of para-hydroxylation sites is 2. The molecule has 1 fully saturated rings. The van der Waals surface area contributed by atoms with Gasteiger partial charge in [-0.05, 0) is 45.4 Å². The Bertz CT molecular complexity index is 403. The van der Waals surface area contributed by atoms with Crippen LogP contribution in [0.1, 0.15) is 26.7 Å². The second kappa shape index (κ2) is 5.19. The number of anilines is 1. The van der Waals surface area contributed by atoms with Crippen molar-refractivity contribution in [1.29, 1.82) is 0 Å². The van der Waals surface area contributed by atoms with Gasteiger partial charge in [0.25, 0.3) is 0 Å². The minimum absolute atomic E-state index is 0.221. The molecule has 3 heteroatoms. The lowest BCUT2D eigenvalue weighted by Gasteiger charge is -2.41. The van der Waals surface area contributed by atoms with Crippen LogP contribution >= 0.6 is 0 Å². The van der Waals surface area contributed by atoms with Crippen molar-refractivity contribution >= 4 is 5.69 Å². The molecule has 18 heavy (non-hydrogen) atoms. The van der Waals surface area contributed by atoms with Gasteiger partial charge in [-0.3, -0.25) is 0 Å². The van der Waals surface area contributed by atoms with Crippen LogP contribution in [0.15, 0.2) is 24.3 Å². The predicted molar refractivity (Wildman–Crippen MR) is 76.5 cm³/mol. The molecular formula is C15H24N2O. The van der Waals surface area contributed by atoms with Crippen LogP contribution in [-0.4, -0.2) is 32.3 Å². The highest BCUT2D eigenvalue weighted by Gasteiger charge is 2.30. The zero-order chi connectivity index (χ0) is 13.2. The molecule has 1 atom stereocenters. The standard InChI is InChI=1S/C15H24N2O/c1-15(2)11-12(9-10-16-15)17(3)13-7-5-6-8-14(13)18-4/h5-8,12,16H,9-11H2,1-4H3. The van der Waals surface area contributed by atoms with Crippen molar-refractivity contribution in [3.8, 4) is 5.75 Å². The van der Waals surface area contributed by atoms with E-state index in [0.29, 0.717) is 6.04 Å². The van der Waals surface area contributed by atoms with E-state index in [1.165, 1.54) is 12.1 Å². The molecule has 1 aromatic carbocycles. The van der Waals surface area contributed by atoms with Gasteiger partial charge < -0.3 is 15.0 Å². The van der Waals surface area contributed by atoms with E-state index in [4.69, 9.17) is 4.74 Å². The molecule has 0 bridgehead atoms. The predicted octanol–water partition coefficient (Wildman–Crippen LogP) is 2.66. The lowest BCUT2D eigenvalue weighted by atomic mass is 9.88. The summed E-state index contributed by atoms with van der Waals surface area (Å²) < 4.78 is 5.45. The second-order valence-electron chi connectivity index (χ2n) is 5.74. The van der Waals surface area contributed by atoms with E-state index in [1.807, 2.05) is 12.1 Å². The van der Waals surface area contributed by atoms with E-state index >= 15 is 0 Å². The summed E-state index contributed by atoms with van der Waals surface area (Å²) in [5.41, 5.74) is 1.40. The molecule has 1 N–H and O–H groups in total. The minimum atomic E-state index is 0.221. The van der Waals surface area contributed by atoms with Crippen molar-refractivity contribution in [2.75, 3.05) is 25.6 Å². The van der Waals surface area contributed by atoms with Crippen molar-refractivity contribution in [2.24, 2.45) is 0 Å². The van der Waals surface area contributed by atoms with Crippen LogP contribution in [0.2, 0.25) is 0 Å². The van der Waals surface area contributed by atoms with Crippen LogP contribution in [0.4, 0.5) is 5.69 Å². The van der Waals surface area contributed by atoms with Crippen LogP contribution < -0.4 is 15.0 Å².